The second-order valence-electron chi connectivity index (χ2n) is 2.87. The summed E-state index contributed by atoms with van der Waals surface area (Å²) in [7, 11) is -1.91. The molecule has 1 unspecified atom stereocenters. The Morgan fingerprint density at radius 2 is 2.10 bits per heavy atom. The lowest BCUT2D eigenvalue weighted by Crippen LogP contribution is -2.44. The minimum atomic E-state index is -1.91. The van der Waals surface area contributed by atoms with E-state index in [1.54, 1.807) is 0 Å². The summed E-state index contributed by atoms with van der Waals surface area (Å²) in [6, 6.07) is 0. The molecule has 0 radical (unpaired) electrons. The molecule has 0 saturated carbocycles. The molecule has 0 fully saturated rings. The van der Waals surface area contributed by atoms with Crippen molar-refractivity contribution in [3.05, 3.63) is 0 Å². The molecule has 0 aliphatic heterocycles. The molecule has 1 atom stereocenters. The molecule has 4 heteroatoms. The molecule has 0 rings (SSSR count). The van der Waals surface area contributed by atoms with Crippen LogP contribution in [-0.2, 0) is 0 Å². The van der Waals surface area contributed by atoms with Crippen molar-refractivity contribution in [2.45, 2.75) is 39.2 Å². The lowest BCUT2D eigenvalue weighted by Gasteiger charge is -2.18. The van der Waals surface area contributed by atoms with Crippen molar-refractivity contribution >= 4 is 18.6 Å². The van der Waals surface area contributed by atoms with Gasteiger partial charge in [0.1, 0.15) is 6.30 Å². The molecule has 10 heavy (non-hydrogen) atoms. The number of halogens is 2. The molecule has 1 nitrogen and oxygen atoms in total. The van der Waals surface area contributed by atoms with Crippen LogP contribution < -0.4 is 4.98 Å². The Hall–Kier alpha value is 0.397. The lowest BCUT2D eigenvalue weighted by atomic mass is 10.3. The van der Waals surface area contributed by atoms with Gasteiger partial charge in [0.25, 0.3) is 0 Å². The average molecular weight is 184 g/mol. The smallest absolute Gasteiger partial charge is 0.222 e. The number of alkyl halides is 1. The Labute approximate surface area is 67.7 Å². The van der Waals surface area contributed by atoms with Crippen molar-refractivity contribution in [2.75, 3.05) is 0 Å². The van der Waals surface area contributed by atoms with Gasteiger partial charge in [-0.3, -0.25) is 4.98 Å². The standard InChI is InChI=1S/C6H15ClFNSi/c1-4-5-6(8)9-10(2,3)7/h6,9H,4-5H2,1-3H3. The summed E-state index contributed by atoms with van der Waals surface area (Å²) in [5.41, 5.74) is 0. The van der Waals surface area contributed by atoms with E-state index in [0.717, 1.165) is 6.42 Å². The highest BCUT2D eigenvalue weighted by Crippen LogP contribution is 2.07. The van der Waals surface area contributed by atoms with E-state index in [0.29, 0.717) is 6.42 Å². The molecule has 0 aromatic carbocycles. The van der Waals surface area contributed by atoms with Crippen LogP contribution in [0, 0.1) is 0 Å². The second kappa shape index (κ2) is 4.31. The summed E-state index contributed by atoms with van der Waals surface area (Å²) in [5.74, 6) is 0. The van der Waals surface area contributed by atoms with Crippen molar-refractivity contribution in [3.63, 3.8) is 0 Å². The molecule has 0 bridgehead atoms. The van der Waals surface area contributed by atoms with E-state index in [2.05, 4.69) is 4.98 Å². The highest BCUT2D eigenvalue weighted by molar-refractivity contribution is 7.17. The Morgan fingerprint density at radius 1 is 1.60 bits per heavy atom. The fraction of sp³-hybridized carbons (Fsp3) is 1.00. The van der Waals surface area contributed by atoms with Crippen LogP contribution in [0.2, 0.25) is 13.1 Å². The molecule has 0 aliphatic carbocycles. The minimum absolute atomic E-state index is 0.559. The Bertz CT molecular complexity index is 94.2. The third-order valence-corrected chi connectivity index (χ3v) is 2.37. The van der Waals surface area contributed by atoms with Crippen LogP contribution in [-0.4, -0.2) is 13.8 Å². The molecule has 1 N–H and O–H groups in total. The third kappa shape index (κ3) is 6.52. The van der Waals surface area contributed by atoms with Crippen LogP contribution in [0.4, 0.5) is 4.39 Å². The molecule has 62 valence electrons. The van der Waals surface area contributed by atoms with E-state index < -0.39 is 13.8 Å². The Morgan fingerprint density at radius 3 is 2.40 bits per heavy atom. The summed E-state index contributed by atoms with van der Waals surface area (Å²) in [5, 5.41) is 0. The van der Waals surface area contributed by atoms with E-state index in [4.69, 9.17) is 11.1 Å². The maximum atomic E-state index is 12.7. The van der Waals surface area contributed by atoms with Crippen molar-refractivity contribution < 1.29 is 4.39 Å². The first kappa shape index (κ1) is 10.4. The first-order chi connectivity index (χ1) is 4.45. The van der Waals surface area contributed by atoms with Gasteiger partial charge in [-0.15, -0.1) is 11.1 Å². The van der Waals surface area contributed by atoms with Crippen molar-refractivity contribution in [1.29, 1.82) is 0 Å². The predicted octanol–water partition coefficient (Wildman–Crippen LogP) is 2.61. The number of hydrogen-bond donors (Lipinski definition) is 1. The first-order valence-corrected chi connectivity index (χ1v) is 7.57. The first-order valence-electron chi connectivity index (χ1n) is 3.56. The van der Waals surface area contributed by atoms with Gasteiger partial charge in [0.05, 0.1) is 0 Å². The molecule has 0 aliphatic rings. The molecule has 0 aromatic heterocycles. The molecular formula is C6H15ClFNSi. The highest BCUT2D eigenvalue weighted by Gasteiger charge is 2.20. The van der Waals surface area contributed by atoms with Crippen LogP contribution in [0.3, 0.4) is 0 Å². The van der Waals surface area contributed by atoms with Crippen LogP contribution in [0.15, 0.2) is 0 Å². The fourth-order valence-corrected chi connectivity index (χ4v) is 1.94. The molecule has 0 spiro atoms. The molecule has 0 aromatic rings. The summed E-state index contributed by atoms with van der Waals surface area (Å²) >= 11 is 5.85. The number of rotatable bonds is 4. The number of nitrogens with one attached hydrogen (secondary N) is 1. The second-order valence-corrected chi connectivity index (χ2v) is 8.94. The van der Waals surface area contributed by atoms with E-state index in [1.165, 1.54) is 0 Å². The zero-order chi connectivity index (χ0) is 8.20. The van der Waals surface area contributed by atoms with E-state index in [9.17, 15) is 4.39 Å². The quantitative estimate of drug-likeness (QED) is 0.402. The Kier molecular flexibility index (Phi) is 4.48. The van der Waals surface area contributed by atoms with Gasteiger partial charge in [-0.1, -0.05) is 13.3 Å². The van der Waals surface area contributed by atoms with Gasteiger partial charge >= 0.3 is 0 Å². The highest BCUT2D eigenvalue weighted by atomic mass is 35.6. The van der Waals surface area contributed by atoms with Crippen LogP contribution in [0.1, 0.15) is 19.8 Å². The third-order valence-electron chi connectivity index (χ3n) is 1.04. The zero-order valence-corrected chi connectivity index (χ0v) is 8.50. The molecule has 0 saturated heterocycles. The molecule has 0 amide bonds. The summed E-state index contributed by atoms with van der Waals surface area (Å²) in [4.78, 5) is 2.76. The van der Waals surface area contributed by atoms with Gasteiger partial charge in [-0.2, -0.15) is 0 Å². The zero-order valence-electron chi connectivity index (χ0n) is 6.75. The van der Waals surface area contributed by atoms with Crippen molar-refractivity contribution in [3.8, 4) is 0 Å². The number of hydrogen-bond acceptors (Lipinski definition) is 1. The fourth-order valence-electron chi connectivity index (χ4n) is 0.698. The Balaban J connectivity index is 3.47. The minimum Gasteiger partial charge on any atom is -0.297 e. The van der Waals surface area contributed by atoms with Gasteiger partial charge in [-0.25, -0.2) is 4.39 Å². The van der Waals surface area contributed by atoms with Crippen molar-refractivity contribution in [1.82, 2.24) is 4.98 Å². The topological polar surface area (TPSA) is 12.0 Å². The lowest BCUT2D eigenvalue weighted by molar-refractivity contribution is 0.293. The van der Waals surface area contributed by atoms with Crippen LogP contribution in [0.25, 0.3) is 0 Å². The van der Waals surface area contributed by atoms with Gasteiger partial charge in [0.15, 0.2) is 0 Å². The maximum absolute atomic E-state index is 12.7. The normalized spacial score (nSPS) is 15.3. The van der Waals surface area contributed by atoms with Gasteiger partial charge < -0.3 is 0 Å². The molecule has 0 heterocycles. The maximum Gasteiger partial charge on any atom is 0.222 e. The monoisotopic (exact) mass is 183 g/mol. The largest absolute Gasteiger partial charge is 0.297 e. The summed E-state index contributed by atoms with van der Waals surface area (Å²) in [6.07, 6.45) is 0.503. The summed E-state index contributed by atoms with van der Waals surface area (Å²) < 4.78 is 12.7. The van der Waals surface area contributed by atoms with Crippen molar-refractivity contribution in [2.24, 2.45) is 0 Å². The van der Waals surface area contributed by atoms with E-state index >= 15 is 0 Å². The van der Waals surface area contributed by atoms with Gasteiger partial charge in [0, 0.05) is 0 Å². The van der Waals surface area contributed by atoms with Crippen LogP contribution >= 0.6 is 11.1 Å². The van der Waals surface area contributed by atoms with E-state index in [1.807, 2.05) is 20.0 Å². The van der Waals surface area contributed by atoms with Gasteiger partial charge in [0.2, 0.25) is 7.55 Å². The SMILES string of the molecule is CCCC(F)N[Si](C)(C)Cl. The molecular weight excluding hydrogens is 169 g/mol. The average Bonchev–Trinajstić information content (AvgIpc) is 1.59. The summed E-state index contributed by atoms with van der Waals surface area (Å²) in [6.45, 7) is 5.70. The predicted molar refractivity (Wildman–Crippen MR) is 46.3 cm³/mol. The van der Waals surface area contributed by atoms with E-state index in [-0.39, 0.29) is 0 Å². The van der Waals surface area contributed by atoms with Gasteiger partial charge in [-0.05, 0) is 19.5 Å². The van der Waals surface area contributed by atoms with Crippen LogP contribution in [0.5, 0.6) is 0 Å².